The number of nitrogens with one attached hydrogen (secondary N) is 2. The Kier molecular flexibility index (Phi) is 5.56. The summed E-state index contributed by atoms with van der Waals surface area (Å²) in [4.78, 5) is 16.9. The molecule has 29 heavy (non-hydrogen) atoms. The van der Waals surface area contributed by atoms with Crippen LogP contribution in [0.15, 0.2) is 52.9 Å². The van der Waals surface area contributed by atoms with Crippen molar-refractivity contribution in [3.63, 3.8) is 0 Å². The summed E-state index contributed by atoms with van der Waals surface area (Å²) < 4.78 is 6.60. The van der Waals surface area contributed by atoms with E-state index in [1.807, 2.05) is 25.1 Å². The quantitative estimate of drug-likeness (QED) is 0.350. The Morgan fingerprint density at radius 1 is 1.17 bits per heavy atom. The maximum absolute atomic E-state index is 12.4. The monoisotopic (exact) mass is 461 g/mol. The van der Waals surface area contributed by atoms with Gasteiger partial charge in [0, 0.05) is 15.6 Å². The summed E-state index contributed by atoms with van der Waals surface area (Å²) in [6, 6.07) is 14.2. The van der Waals surface area contributed by atoms with E-state index >= 15 is 0 Å². The van der Waals surface area contributed by atoms with Crippen molar-refractivity contribution in [2.24, 2.45) is 0 Å². The molecule has 9 heteroatoms. The summed E-state index contributed by atoms with van der Waals surface area (Å²) in [5, 5.41) is 7.43. The molecule has 0 aliphatic rings. The number of aromatic nitrogens is 1. The van der Waals surface area contributed by atoms with E-state index in [4.69, 9.17) is 39.8 Å². The number of fused-ring (bicyclic) bond motifs is 1. The number of nitrogens with zero attached hydrogens (tertiary/aromatic N) is 1. The largest absolute Gasteiger partial charge is 0.451 e. The highest BCUT2D eigenvalue weighted by Gasteiger charge is 2.15. The number of carbonyl (C=O) groups is 1. The van der Waals surface area contributed by atoms with Gasteiger partial charge in [-0.2, -0.15) is 0 Å². The van der Waals surface area contributed by atoms with Gasteiger partial charge in [-0.05, 0) is 61.1 Å². The van der Waals surface area contributed by atoms with E-state index in [9.17, 15) is 4.79 Å². The zero-order valence-corrected chi connectivity index (χ0v) is 18.1. The van der Waals surface area contributed by atoms with Gasteiger partial charge in [-0.3, -0.25) is 10.1 Å². The Labute approximate surface area is 185 Å². The summed E-state index contributed by atoms with van der Waals surface area (Å²) in [5.41, 5.74) is 2.51. The summed E-state index contributed by atoms with van der Waals surface area (Å²) in [6.45, 7) is 1.93. The highest BCUT2D eigenvalue weighted by Crippen LogP contribution is 2.30. The number of rotatable bonds is 3. The van der Waals surface area contributed by atoms with Gasteiger partial charge < -0.3 is 9.73 Å². The predicted octanol–water partition coefficient (Wildman–Crippen LogP) is 6.30. The molecule has 0 aliphatic carbocycles. The van der Waals surface area contributed by atoms with Crippen molar-refractivity contribution in [3.8, 4) is 11.3 Å². The van der Waals surface area contributed by atoms with Crippen LogP contribution in [0.2, 0.25) is 10.0 Å². The highest BCUT2D eigenvalue weighted by atomic mass is 35.5. The minimum absolute atomic E-state index is 0.123. The standard InChI is InChI=1S/C20H13Cl2N3O2S2/c1-10-7-17-14(9-13(10)22)23-20(29-17)25-19(28)24-18(26)16-6-5-15(27-16)11-3-2-4-12(21)8-11/h2-9H,1H3,(H2,23,24,25,26,28). The van der Waals surface area contributed by atoms with Crippen molar-refractivity contribution in [1.82, 2.24) is 10.3 Å². The van der Waals surface area contributed by atoms with Crippen LogP contribution < -0.4 is 10.6 Å². The number of amides is 1. The molecule has 5 nitrogen and oxygen atoms in total. The lowest BCUT2D eigenvalue weighted by molar-refractivity contribution is 0.0951. The van der Waals surface area contributed by atoms with Crippen molar-refractivity contribution in [2.75, 3.05) is 5.32 Å². The molecule has 2 aromatic carbocycles. The number of halogens is 2. The molecular weight excluding hydrogens is 449 g/mol. The second-order valence-corrected chi connectivity index (χ2v) is 8.45. The van der Waals surface area contributed by atoms with Gasteiger partial charge in [0.2, 0.25) is 0 Å². The molecule has 146 valence electrons. The van der Waals surface area contributed by atoms with E-state index in [1.165, 1.54) is 11.3 Å². The Hall–Kier alpha value is -2.45. The number of thiocarbonyl (C=S) groups is 1. The normalized spacial score (nSPS) is 10.9. The van der Waals surface area contributed by atoms with E-state index in [2.05, 4.69) is 15.6 Å². The van der Waals surface area contributed by atoms with Gasteiger partial charge in [-0.15, -0.1) is 0 Å². The first kappa shape index (κ1) is 19.8. The highest BCUT2D eigenvalue weighted by molar-refractivity contribution is 7.80. The summed E-state index contributed by atoms with van der Waals surface area (Å²) >= 11 is 18.8. The Balaban J connectivity index is 1.44. The molecule has 0 fully saturated rings. The van der Waals surface area contributed by atoms with E-state index in [1.54, 1.807) is 30.3 Å². The minimum atomic E-state index is -0.462. The molecule has 0 bridgehead atoms. The second-order valence-electron chi connectivity index (χ2n) is 6.17. The molecule has 4 aromatic rings. The number of aryl methyl sites for hydroxylation is 1. The number of anilines is 1. The maximum Gasteiger partial charge on any atom is 0.293 e. The van der Waals surface area contributed by atoms with Gasteiger partial charge in [0.15, 0.2) is 16.0 Å². The smallest absolute Gasteiger partial charge is 0.293 e. The van der Waals surface area contributed by atoms with Crippen LogP contribution in [0.5, 0.6) is 0 Å². The van der Waals surface area contributed by atoms with Crippen LogP contribution in [0.3, 0.4) is 0 Å². The third kappa shape index (κ3) is 4.43. The van der Waals surface area contributed by atoms with Crippen molar-refractivity contribution < 1.29 is 9.21 Å². The molecule has 2 aromatic heterocycles. The fraction of sp³-hybridized carbons (Fsp3) is 0.0500. The number of hydrogen-bond donors (Lipinski definition) is 2. The molecule has 0 unspecified atom stereocenters. The maximum atomic E-state index is 12.4. The van der Waals surface area contributed by atoms with Gasteiger partial charge in [0.25, 0.3) is 5.91 Å². The third-order valence-electron chi connectivity index (χ3n) is 4.06. The van der Waals surface area contributed by atoms with E-state index in [0.717, 1.165) is 21.3 Å². The summed E-state index contributed by atoms with van der Waals surface area (Å²) in [6.07, 6.45) is 0. The van der Waals surface area contributed by atoms with E-state index in [0.29, 0.717) is 20.9 Å². The number of hydrogen-bond acceptors (Lipinski definition) is 5. The van der Waals surface area contributed by atoms with Gasteiger partial charge in [-0.1, -0.05) is 46.7 Å². The average molecular weight is 462 g/mol. The first-order valence-electron chi connectivity index (χ1n) is 8.44. The van der Waals surface area contributed by atoms with Crippen molar-refractivity contribution in [3.05, 3.63) is 69.9 Å². The minimum Gasteiger partial charge on any atom is -0.451 e. The molecule has 0 spiro atoms. The Morgan fingerprint density at radius 3 is 2.79 bits per heavy atom. The van der Waals surface area contributed by atoms with Crippen molar-refractivity contribution >= 4 is 73.1 Å². The van der Waals surface area contributed by atoms with Gasteiger partial charge in [-0.25, -0.2) is 4.98 Å². The molecule has 0 radical (unpaired) electrons. The number of benzene rings is 2. The molecule has 0 atom stereocenters. The zero-order valence-electron chi connectivity index (χ0n) is 15.0. The fourth-order valence-corrected chi connectivity index (χ4v) is 4.21. The molecule has 0 aliphatic heterocycles. The van der Waals surface area contributed by atoms with Crippen LogP contribution in [0, 0.1) is 6.92 Å². The van der Waals surface area contributed by atoms with Crippen molar-refractivity contribution in [2.45, 2.75) is 6.92 Å². The Morgan fingerprint density at radius 2 is 2.00 bits per heavy atom. The number of thiazole rings is 1. The molecule has 2 N–H and O–H groups in total. The summed E-state index contributed by atoms with van der Waals surface area (Å²) in [5.74, 6) is 0.210. The SMILES string of the molecule is Cc1cc2sc(NC(=S)NC(=O)c3ccc(-c4cccc(Cl)c4)o3)nc2cc1Cl. The second kappa shape index (κ2) is 8.12. The topological polar surface area (TPSA) is 67.2 Å². The van der Waals surface area contributed by atoms with Crippen LogP contribution in [0.4, 0.5) is 5.13 Å². The lowest BCUT2D eigenvalue weighted by Gasteiger charge is -2.05. The molecule has 2 heterocycles. The first-order valence-corrected chi connectivity index (χ1v) is 10.4. The third-order valence-corrected chi connectivity index (χ3v) is 5.84. The van der Waals surface area contributed by atoms with Crippen LogP contribution in [-0.4, -0.2) is 16.0 Å². The molecule has 1 amide bonds. The van der Waals surface area contributed by atoms with Crippen molar-refractivity contribution in [1.29, 1.82) is 0 Å². The predicted molar refractivity (Wildman–Crippen MR) is 122 cm³/mol. The van der Waals surface area contributed by atoms with Crippen LogP contribution in [0.1, 0.15) is 16.1 Å². The molecular formula is C20H13Cl2N3O2S2. The lowest BCUT2D eigenvalue weighted by Crippen LogP contribution is -2.33. The Bertz CT molecular complexity index is 1210. The lowest BCUT2D eigenvalue weighted by atomic mass is 10.2. The van der Waals surface area contributed by atoms with Crippen LogP contribution in [0.25, 0.3) is 21.5 Å². The average Bonchev–Trinajstić information content (AvgIpc) is 3.29. The fourth-order valence-electron chi connectivity index (χ4n) is 2.65. The first-order chi connectivity index (χ1) is 13.9. The van der Waals surface area contributed by atoms with Gasteiger partial charge in [0.05, 0.1) is 10.2 Å². The van der Waals surface area contributed by atoms with E-state index in [-0.39, 0.29) is 10.9 Å². The summed E-state index contributed by atoms with van der Waals surface area (Å²) in [7, 11) is 0. The van der Waals surface area contributed by atoms with Crippen LogP contribution >= 0.6 is 46.8 Å². The van der Waals surface area contributed by atoms with Gasteiger partial charge in [0.1, 0.15) is 5.76 Å². The number of carbonyl (C=O) groups excluding carboxylic acids is 1. The zero-order chi connectivity index (χ0) is 20.5. The van der Waals surface area contributed by atoms with Gasteiger partial charge >= 0.3 is 0 Å². The number of furan rings is 1. The van der Waals surface area contributed by atoms with E-state index < -0.39 is 5.91 Å². The molecule has 0 saturated heterocycles. The van der Waals surface area contributed by atoms with Crippen LogP contribution in [-0.2, 0) is 0 Å². The molecule has 4 rings (SSSR count). The molecule has 0 saturated carbocycles.